The zero-order valence-electron chi connectivity index (χ0n) is 6.05. The lowest BCUT2D eigenvalue weighted by Gasteiger charge is -2.03. The normalized spacial score (nSPS) is 20.4. The van der Waals surface area contributed by atoms with Crippen LogP contribution in [0, 0.1) is 5.82 Å². The Kier molecular flexibility index (Phi) is 1.81. The Labute approximate surface area is 77.1 Å². The van der Waals surface area contributed by atoms with Crippen molar-refractivity contribution in [1.29, 1.82) is 0 Å². The molecule has 0 aliphatic carbocycles. The summed E-state index contributed by atoms with van der Waals surface area (Å²) in [6.07, 6.45) is -0.718. The summed E-state index contributed by atoms with van der Waals surface area (Å²) in [4.78, 5) is 0. The van der Waals surface area contributed by atoms with Crippen molar-refractivity contribution < 1.29 is 14.2 Å². The highest BCUT2D eigenvalue weighted by molar-refractivity contribution is 9.10. The number of aliphatic hydroxyl groups excluding tert-OH is 1. The summed E-state index contributed by atoms with van der Waals surface area (Å²) in [7, 11) is 0. The van der Waals surface area contributed by atoms with Crippen LogP contribution in [0.25, 0.3) is 0 Å². The van der Waals surface area contributed by atoms with Gasteiger partial charge in [0.2, 0.25) is 0 Å². The number of benzene rings is 1. The van der Waals surface area contributed by atoms with E-state index in [0.29, 0.717) is 15.8 Å². The van der Waals surface area contributed by atoms with E-state index in [1.165, 1.54) is 12.1 Å². The molecule has 2 rings (SSSR count). The van der Waals surface area contributed by atoms with Crippen molar-refractivity contribution in [3.8, 4) is 5.75 Å². The van der Waals surface area contributed by atoms with Gasteiger partial charge in [0.1, 0.15) is 24.3 Å². The Morgan fingerprint density at radius 2 is 2.33 bits per heavy atom. The Morgan fingerprint density at radius 1 is 1.58 bits per heavy atom. The van der Waals surface area contributed by atoms with Crippen LogP contribution in [0.4, 0.5) is 4.39 Å². The fourth-order valence-corrected chi connectivity index (χ4v) is 1.83. The molecule has 1 atom stereocenters. The predicted octanol–water partition coefficient (Wildman–Crippen LogP) is 2.01. The molecule has 1 heterocycles. The highest BCUT2D eigenvalue weighted by atomic mass is 79.9. The third-order valence-electron chi connectivity index (χ3n) is 1.82. The van der Waals surface area contributed by atoms with Gasteiger partial charge in [-0.1, -0.05) is 0 Å². The molecule has 0 bridgehead atoms. The quantitative estimate of drug-likeness (QED) is 0.742. The number of ether oxygens (including phenoxy) is 1. The van der Waals surface area contributed by atoms with Crippen molar-refractivity contribution in [2.24, 2.45) is 0 Å². The molecule has 1 unspecified atom stereocenters. The molecule has 1 N–H and O–H groups in total. The van der Waals surface area contributed by atoms with E-state index in [4.69, 9.17) is 4.74 Å². The maximum absolute atomic E-state index is 12.9. The molecule has 0 aromatic heterocycles. The largest absolute Gasteiger partial charge is 0.490 e. The number of aliphatic hydroxyl groups is 1. The maximum atomic E-state index is 12.9. The average molecular weight is 233 g/mol. The zero-order chi connectivity index (χ0) is 8.72. The molecule has 4 heteroatoms. The van der Waals surface area contributed by atoms with Crippen LogP contribution in [-0.2, 0) is 0 Å². The van der Waals surface area contributed by atoms with Crippen molar-refractivity contribution >= 4 is 15.9 Å². The average Bonchev–Trinajstić information content (AvgIpc) is 2.41. The monoisotopic (exact) mass is 232 g/mol. The third-order valence-corrected chi connectivity index (χ3v) is 2.63. The van der Waals surface area contributed by atoms with Gasteiger partial charge in [-0.05, 0) is 28.1 Å². The first-order valence-corrected chi connectivity index (χ1v) is 4.28. The van der Waals surface area contributed by atoms with Crippen LogP contribution in [0.5, 0.6) is 5.75 Å². The Morgan fingerprint density at radius 3 is 3.08 bits per heavy atom. The first kappa shape index (κ1) is 8.01. The SMILES string of the molecule is OC1COc2ccc(F)c(Br)c21. The lowest BCUT2D eigenvalue weighted by Crippen LogP contribution is -1.98. The number of hydrogen-bond acceptors (Lipinski definition) is 2. The van der Waals surface area contributed by atoms with Crippen molar-refractivity contribution in [1.82, 2.24) is 0 Å². The highest BCUT2D eigenvalue weighted by Gasteiger charge is 2.26. The van der Waals surface area contributed by atoms with Gasteiger partial charge in [-0.2, -0.15) is 0 Å². The van der Waals surface area contributed by atoms with Crippen LogP contribution in [0.15, 0.2) is 16.6 Å². The van der Waals surface area contributed by atoms with E-state index in [0.717, 1.165) is 0 Å². The van der Waals surface area contributed by atoms with E-state index >= 15 is 0 Å². The second-order valence-corrected chi connectivity index (χ2v) is 3.39. The minimum atomic E-state index is -0.718. The molecular weight excluding hydrogens is 227 g/mol. The van der Waals surface area contributed by atoms with Crippen LogP contribution in [0.2, 0.25) is 0 Å². The van der Waals surface area contributed by atoms with Gasteiger partial charge in [0.05, 0.1) is 4.47 Å². The third kappa shape index (κ3) is 1.03. The number of halogens is 2. The molecule has 0 fully saturated rings. The molecule has 0 amide bonds. The molecular formula is C8H6BrFO2. The van der Waals surface area contributed by atoms with Crippen LogP contribution in [0.3, 0.4) is 0 Å². The van der Waals surface area contributed by atoms with E-state index in [9.17, 15) is 9.50 Å². The lowest BCUT2D eigenvalue weighted by molar-refractivity contribution is 0.140. The first-order chi connectivity index (χ1) is 5.70. The highest BCUT2D eigenvalue weighted by Crippen LogP contribution is 2.38. The second-order valence-electron chi connectivity index (χ2n) is 2.60. The Hall–Kier alpha value is -0.610. The fraction of sp³-hybridized carbons (Fsp3) is 0.250. The summed E-state index contributed by atoms with van der Waals surface area (Å²) < 4.78 is 18.3. The minimum Gasteiger partial charge on any atom is -0.490 e. The summed E-state index contributed by atoms with van der Waals surface area (Å²) in [6, 6.07) is 2.83. The van der Waals surface area contributed by atoms with Crippen molar-refractivity contribution in [2.45, 2.75) is 6.10 Å². The van der Waals surface area contributed by atoms with E-state index in [2.05, 4.69) is 15.9 Å². The predicted molar refractivity (Wildman–Crippen MR) is 44.6 cm³/mol. The van der Waals surface area contributed by atoms with Crippen LogP contribution in [0.1, 0.15) is 11.7 Å². The van der Waals surface area contributed by atoms with E-state index in [1.807, 2.05) is 0 Å². The minimum absolute atomic E-state index is 0.206. The summed E-state index contributed by atoms with van der Waals surface area (Å²) in [6.45, 7) is 0.206. The van der Waals surface area contributed by atoms with Gasteiger partial charge in [0.25, 0.3) is 0 Å². The molecule has 0 spiro atoms. The van der Waals surface area contributed by atoms with Gasteiger partial charge < -0.3 is 9.84 Å². The summed E-state index contributed by atoms with van der Waals surface area (Å²) >= 11 is 3.06. The fourth-order valence-electron chi connectivity index (χ4n) is 1.24. The smallest absolute Gasteiger partial charge is 0.138 e. The summed E-state index contributed by atoms with van der Waals surface area (Å²) in [5.41, 5.74) is 0.509. The number of hydrogen-bond donors (Lipinski definition) is 1. The number of rotatable bonds is 0. The first-order valence-electron chi connectivity index (χ1n) is 3.49. The van der Waals surface area contributed by atoms with Crippen LogP contribution in [-0.4, -0.2) is 11.7 Å². The standard InChI is InChI=1S/C8H6BrFO2/c9-8-4(10)1-2-6-7(8)5(11)3-12-6/h1-2,5,11H,3H2. The van der Waals surface area contributed by atoms with Crippen molar-refractivity contribution in [3.63, 3.8) is 0 Å². The molecule has 1 aromatic carbocycles. The molecule has 0 saturated heterocycles. The van der Waals surface area contributed by atoms with Gasteiger partial charge >= 0.3 is 0 Å². The molecule has 0 radical (unpaired) electrons. The number of fused-ring (bicyclic) bond motifs is 1. The molecule has 2 nitrogen and oxygen atoms in total. The maximum Gasteiger partial charge on any atom is 0.138 e. The molecule has 12 heavy (non-hydrogen) atoms. The second kappa shape index (κ2) is 2.71. The van der Waals surface area contributed by atoms with Gasteiger partial charge in [-0.25, -0.2) is 4.39 Å². The van der Waals surface area contributed by atoms with E-state index < -0.39 is 6.10 Å². The molecule has 1 aromatic rings. The van der Waals surface area contributed by atoms with Crippen molar-refractivity contribution in [2.75, 3.05) is 6.61 Å². The van der Waals surface area contributed by atoms with Crippen LogP contribution < -0.4 is 4.74 Å². The summed E-state index contributed by atoms with van der Waals surface area (Å²) in [5.74, 6) is 0.175. The van der Waals surface area contributed by atoms with E-state index in [-0.39, 0.29) is 12.4 Å². The molecule has 0 saturated carbocycles. The summed E-state index contributed by atoms with van der Waals surface area (Å²) in [5, 5.41) is 9.36. The molecule has 1 aliphatic rings. The zero-order valence-corrected chi connectivity index (χ0v) is 7.64. The van der Waals surface area contributed by atoms with Gasteiger partial charge in [-0.15, -0.1) is 0 Å². The Balaban J connectivity index is 2.63. The molecule has 64 valence electrons. The van der Waals surface area contributed by atoms with Gasteiger partial charge in [-0.3, -0.25) is 0 Å². The van der Waals surface area contributed by atoms with Crippen molar-refractivity contribution in [3.05, 3.63) is 28.0 Å². The van der Waals surface area contributed by atoms with Gasteiger partial charge in [0.15, 0.2) is 0 Å². The van der Waals surface area contributed by atoms with Crippen LogP contribution >= 0.6 is 15.9 Å². The van der Waals surface area contributed by atoms with E-state index in [1.54, 1.807) is 0 Å². The molecule has 1 aliphatic heterocycles. The lowest BCUT2D eigenvalue weighted by atomic mass is 10.1. The Bertz CT molecular complexity index is 327. The van der Waals surface area contributed by atoms with Gasteiger partial charge in [0, 0.05) is 5.56 Å². The topological polar surface area (TPSA) is 29.5 Å².